The Morgan fingerprint density at radius 1 is 0.925 bits per heavy atom. The standard InChI is InChI=1S/C28H32N8O3S/c1-34-15-17-36(18-16-34)23-6-4-22(5-7-23)30-28-29-20-21(27(32-28)31-26-12-14-35(2)33-26)13-19-40(37,38)25-10-8-24(39-3)9-11-25/h4-14,19-20H,15-18H2,1-3H3,(H2,29,30,31,32,33). The van der Waals surface area contributed by atoms with Crippen molar-refractivity contribution in [3.63, 3.8) is 0 Å². The lowest BCUT2D eigenvalue weighted by atomic mass is 10.2. The predicted molar refractivity (Wildman–Crippen MR) is 157 cm³/mol. The Labute approximate surface area is 234 Å². The number of nitrogens with zero attached hydrogens (tertiary/aromatic N) is 6. The number of aromatic nitrogens is 4. The maximum atomic E-state index is 12.9. The van der Waals surface area contributed by atoms with Gasteiger partial charge in [0, 0.05) is 74.0 Å². The van der Waals surface area contributed by atoms with E-state index >= 15 is 0 Å². The molecule has 2 aromatic heterocycles. The quantitative estimate of drug-likeness (QED) is 0.312. The Bertz CT molecular complexity index is 1580. The molecule has 3 heterocycles. The van der Waals surface area contributed by atoms with E-state index in [4.69, 9.17) is 4.74 Å². The largest absolute Gasteiger partial charge is 0.497 e. The van der Waals surface area contributed by atoms with Crippen LogP contribution in [0.2, 0.25) is 0 Å². The van der Waals surface area contributed by atoms with E-state index in [0.29, 0.717) is 28.9 Å². The van der Waals surface area contributed by atoms with Crippen LogP contribution in [0.5, 0.6) is 5.75 Å². The molecule has 1 fully saturated rings. The summed E-state index contributed by atoms with van der Waals surface area (Å²) < 4.78 is 32.6. The lowest BCUT2D eigenvalue weighted by Crippen LogP contribution is -2.44. The first-order chi connectivity index (χ1) is 19.3. The SMILES string of the molecule is COc1ccc(S(=O)(=O)C=Cc2cnc(Nc3ccc(N4CCN(C)CC4)cc3)nc2Nc2ccn(C)n2)cc1. The van der Waals surface area contributed by atoms with E-state index in [0.717, 1.165) is 37.3 Å². The fourth-order valence-corrected chi connectivity index (χ4v) is 5.23. The number of piperazine rings is 1. The highest BCUT2D eigenvalue weighted by molar-refractivity contribution is 7.94. The fourth-order valence-electron chi connectivity index (χ4n) is 4.23. The minimum absolute atomic E-state index is 0.156. The number of rotatable bonds is 9. The van der Waals surface area contributed by atoms with Gasteiger partial charge < -0.3 is 25.2 Å². The molecule has 11 nitrogen and oxygen atoms in total. The molecule has 40 heavy (non-hydrogen) atoms. The van der Waals surface area contributed by atoms with Crippen LogP contribution in [-0.4, -0.2) is 73.4 Å². The lowest BCUT2D eigenvalue weighted by molar-refractivity contribution is 0.313. The van der Waals surface area contributed by atoms with Crippen LogP contribution in [0.3, 0.4) is 0 Å². The van der Waals surface area contributed by atoms with Gasteiger partial charge in [-0.05, 0) is 61.7 Å². The number of methoxy groups -OCH3 is 1. The monoisotopic (exact) mass is 560 g/mol. The highest BCUT2D eigenvalue weighted by atomic mass is 32.2. The number of hydrogen-bond acceptors (Lipinski definition) is 10. The van der Waals surface area contributed by atoms with Crippen molar-refractivity contribution < 1.29 is 13.2 Å². The Hall–Kier alpha value is -4.42. The summed E-state index contributed by atoms with van der Waals surface area (Å²) >= 11 is 0. The van der Waals surface area contributed by atoms with Gasteiger partial charge in [0.2, 0.25) is 5.95 Å². The molecule has 0 aliphatic carbocycles. The van der Waals surface area contributed by atoms with Crippen molar-refractivity contribution in [2.24, 2.45) is 7.05 Å². The zero-order chi connectivity index (χ0) is 28.1. The minimum Gasteiger partial charge on any atom is -0.497 e. The molecular weight excluding hydrogens is 528 g/mol. The number of likely N-dealkylation sites (N-methyl/N-ethyl adjacent to an activating group) is 1. The number of benzene rings is 2. The Balaban J connectivity index is 1.37. The second kappa shape index (κ2) is 11.8. The molecule has 1 saturated heterocycles. The van der Waals surface area contributed by atoms with Crippen LogP contribution in [0.4, 0.5) is 29.0 Å². The summed E-state index contributed by atoms with van der Waals surface area (Å²) in [5, 5.41) is 11.9. The molecule has 1 aliphatic rings. The summed E-state index contributed by atoms with van der Waals surface area (Å²) in [6, 6.07) is 16.2. The zero-order valence-electron chi connectivity index (χ0n) is 22.7. The summed E-state index contributed by atoms with van der Waals surface area (Å²) in [5.41, 5.74) is 2.50. The topological polar surface area (TPSA) is 118 Å². The smallest absolute Gasteiger partial charge is 0.229 e. The van der Waals surface area contributed by atoms with Crippen LogP contribution in [0.1, 0.15) is 5.56 Å². The summed E-state index contributed by atoms with van der Waals surface area (Å²) in [7, 11) is 1.78. The van der Waals surface area contributed by atoms with Crippen LogP contribution < -0.4 is 20.3 Å². The number of nitrogens with one attached hydrogen (secondary N) is 2. The molecule has 0 saturated carbocycles. The van der Waals surface area contributed by atoms with Crippen LogP contribution in [0.15, 0.2) is 77.3 Å². The third kappa shape index (κ3) is 6.58. The van der Waals surface area contributed by atoms with Gasteiger partial charge in [-0.25, -0.2) is 13.4 Å². The summed E-state index contributed by atoms with van der Waals surface area (Å²) in [5.74, 6) is 1.92. The van der Waals surface area contributed by atoms with E-state index in [-0.39, 0.29) is 4.90 Å². The summed E-state index contributed by atoms with van der Waals surface area (Å²) in [6.45, 7) is 4.08. The normalized spacial score (nSPS) is 14.4. The van der Waals surface area contributed by atoms with Gasteiger partial charge in [-0.2, -0.15) is 10.1 Å². The van der Waals surface area contributed by atoms with Gasteiger partial charge in [-0.3, -0.25) is 4.68 Å². The highest BCUT2D eigenvalue weighted by Gasteiger charge is 2.15. The number of aryl methyl sites for hydroxylation is 1. The molecule has 0 unspecified atom stereocenters. The van der Waals surface area contributed by atoms with Crippen molar-refractivity contribution in [1.82, 2.24) is 24.6 Å². The van der Waals surface area contributed by atoms with E-state index in [9.17, 15) is 8.42 Å². The number of sulfone groups is 1. The molecule has 2 aromatic carbocycles. The van der Waals surface area contributed by atoms with Crippen molar-refractivity contribution in [2.75, 3.05) is 55.9 Å². The van der Waals surface area contributed by atoms with E-state index in [2.05, 4.69) is 54.7 Å². The Morgan fingerprint density at radius 3 is 2.30 bits per heavy atom. The third-order valence-electron chi connectivity index (χ3n) is 6.58. The summed E-state index contributed by atoms with van der Waals surface area (Å²) in [4.78, 5) is 13.9. The second-order valence-corrected chi connectivity index (χ2v) is 11.3. The first-order valence-electron chi connectivity index (χ1n) is 12.8. The first-order valence-corrected chi connectivity index (χ1v) is 14.4. The average Bonchev–Trinajstić information content (AvgIpc) is 3.38. The molecule has 4 aromatic rings. The van der Waals surface area contributed by atoms with Gasteiger partial charge in [-0.1, -0.05) is 0 Å². The molecule has 5 rings (SSSR count). The van der Waals surface area contributed by atoms with Crippen LogP contribution in [0.25, 0.3) is 6.08 Å². The van der Waals surface area contributed by atoms with Gasteiger partial charge in [0.1, 0.15) is 11.6 Å². The molecule has 0 bridgehead atoms. The molecule has 208 valence electrons. The average molecular weight is 561 g/mol. The molecule has 0 radical (unpaired) electrons. The molecule has 0 spiro atoms. The molecule has 2 N–H and O–H groups in total. The van der Waals surface area contributed by atoms with Gasteiger partial charge in [0.15, 0.2) is 15.7 Å². The lowest BCUT2D eigenvalue weighted by Gasteiger charge is -2.34. The number of ether oxygens (including phenoxy) is 1. The van der Waals surface area contributed by atoms with Crippen molar-refractivity contribution in [1.29, 1.82) is 0 Å². The van der Waals surface area contributed by atoms with Gasteiger partial charge in [-0.15, -0.1) is 0 Å². The third-order valence-corrected chi connectivity index (χ3v) is 8.01. The Kier molecular flexibility index (Phi) is 7.99. The minimum atomic E-state index is -3.71. The predicted octanol–water partition coefficient (Wildman–Crippen LogP) is 3.90. The Morgan fingerprint density at radius 2 is 1.65 bits per heavy atom. The maximum absolute atomic E-state index is 12.9. The van der Waals surface area contributed by atoms with Crippen LogP contribution in [0, 0.1) is 0 Å². The van der Waals surface area contributed by atoms with Crippen molar-refractivity contribution in [2.45, 2.75) is 4.90 Å². The van der Waals surface area contributed by atoms with Gasteiger partial charge in [0.05, 0.1) is 12.0 Å². The molecule has 0 amide bonds. The first kappa shape index (κ1) is 27.2. The van der Waals surface area contributed by atoms with E-state index in [1.165, 1.54) is 31.0 Å². The number of anilines is 5. The number of hydrogen-bond donors (Lipinski definition) is 2. The maximum Gasteiger partial charge on any atom is 0.229 e. The highest BCUT2D eigenvalue weighted by Crippen LogP contribution is 2.25. The second-order valence-electron chi connectivity index (χ2n) is 9.48. The molecule has 1 aliphatic heterocycles. The van der Waals surface area contributed by atoms with E-state index < -0.39 is 9.84 Å². The zero-order valence-corrected chi connectivity index (χ0v) is 23.5. The molecule has 0 atom stereocenters. The van der Waals surface area contributed by atoms with Crippen LogP contribution in [-0.2, 0) is 16.9 Å². The summed E-state index contributed by atoms with van der Waals surface area (Å²) in [6.07, 6.45) is 4.84. The van der Waals surface area contributed by atoms with Gasteiger partial charge >= 0.3 is 0 Å². The van der Waals surface area contributed by atoms with Crippen molar-refractivity contribution in [3.8, 4) is 5.75 Å². The fraction of sp³-hybridized carbons (Fsp3) is 0.250. The molecule has 12 heteroatoms. The van der Waals surface area contributed by atoms with Gasteiger partial charge in [0.25, 0.3) is 0 Å². The van der Waals surface area contributed by atoms with E-state index in [1.807, 2.05) is 19.2 Å². The van der Waals surface area contributed by atoms with Crippen molar-refractivity contribution in [3.05, 3.63) is 78.0 Å². The van der Waals surface area contributed by atoms with E-state index in [1.54, 1.807) is 35.3 Å². The van der Waals surface area contributed by atoms with Crippen molar-refractivity contribution >= 4 is 44.9 Å². The molecular formula is C28H32N8O3S. The van der Waals surface area contributed by atoms with Crippen LogP contribution >= 0.6 is 0 Å².